The van der Waals surface area contributed by atoms with Crippen LogP contribution in [-0.4, -0.2) is 40.9 Å². The van der Waals surface area contributed by atoms with E-state index in [1.165, 1.54) is 18.0 Å². The van der Waals surface area contributed by atoms with E-state index in [1.54, 1.807) is 31.2 Å². The first-order valence-corrected chi connectivity index (χ1v) is 8.51. The SMILES string of the molecule is COc1cccc(CN(C)C(=O)CSc2nnc(-c3ccco3)o2)c1. The molecular formula is C17H17N3O4S. The van der Waals surface area contributed by atoms with Crippen LogP contribution in [0.3, 0.4) is 0 Å². The minimum absolute atomic E-state index is 0.0365. The lowest BCUT2D eigenvalue weighted by molar-refractivity contribution is -0.127. The van der Waals surface area contributed by atoms with Crippen LogP contribution in [0.4, 0.5) is 0 Å². The number of hydrogen-bond donors (Lipinski definition) is 0. The zero-order valence-corrected chi connectivity index (χ0v) is 14.7. The van der Waals surface area contributed by atoms with Crippen molar-refractivity contribution in [3.63, 3.8) is 0 Å². The summed E-state index contributed by atoms with van der Waals surface area (Å²) in [5.41, 5.74) is 0.998. The maximum Gasteiger partial charge on any atom is 0.284 e. The Morgan fingerprint density at radius 1 is 1.28 bits per heavy atom. The number of nitrogens with zero attached hydrogens (tertiary/aromatic N) is 3. The number of ether oxygens (including phenoxy) is 1. The van der Waals surface area contributed by atoms with Gasteiger partial charge < -0.3 is 18.5 Å². The second kappa shape index (κ2) is 7.89. The lowest BCUT2D eigenvalue weighted by atomic mass is 10.2. The first-order valence-electron chi connectivity index (χ1n) is 7.53. The monoisotopic (exact) mass is 359 g/mol. The maximum absolute atomic E-state index is 12.3. The van der Waals surface area contributed by atoms with Crippen molar-refractivity contribution in [3.05, 3.63) is 48.2 Å². The van der Waals surface area contributed by atoms with Crippen LogP contribution in [-0.2, 0) is 11.3 Å². The number of benzene rings is 1. The summed E-state index contributed by atoms with van der Waals surface area (Å²) in [6.45, 7) is 0.498. The van der Waals surface area contributed by atoms with Gasteiger partial charge in [-0.15, -0.1) is 10.2 Å². The van der Waals surface area contributed by atoms with Crippen LogP contribution in [0.15, 0.2) is 56.7 Å². The zero-order chi connectivity index (χ0) is 17.6. The zero-order valence-electron chi connectivity index (χ0n) is 13.8. The highest BCUT2D eigenvalue weighted by Crippen LogP contribution is 2.23. The predicted molar refractivity (Wildman–Crippen MR) is 92.2 cm³/mol. The van der Waals surface area contributed by atoms with Crippen LogP contribution in [0.1, 0.15) is 5.56 Å². The van der Waals surface area contributed by atoms with E-state index in [2.05, 4.69) is 10.2 Å². The van der Waals surface area contributed by atoms with Gasteiger partial charge in [0.25, 0.3) is 11.1 Å². The van der Waals surface area contributed by atoms with E-state index in [1.807, 2.05) is 24.3 Å². The summed E-state index contributed by atoms with van der Waals surface area (Å²) in [5.74, 6) is 1.74. The molecule has 0 bridgehead atoms. The number of methoxy groups -OCH3 is 1. The fraction of sp³-hybridized carbons (Fsp3) is 0.235. The lowest BCUT2D eigenvalue weighted by Crippen LogP contribution is -2.27. The van der Waals surface area contributed by atoms with Crippen LogP contribution in [0.5, 0.6) is 5.75 Å². The average molecular weight is 359 g/mol. The number of hydrogen-bond acceptors (Lipinski definition) is 7. The van der Waals surface area contributed by atoms with Gasteiger partial charge in [0.2, 0.25) is 5.91 Å². The lowest BCUT2D eigenvalue weighted by Gasteiger charge is -2.17. The van der Waals surface area contributed by atoms with Crippen molar-refractivity contribution in [2.75, 3.05) is 19.9 Å². The summed E-state index contributed by atoms with van der Waals surface area (Å²) in [4.78, 5) is 13.9. The smallest absolute Gasteiger partial charge is 0.284 e. The Balaban J connectivity index is 1.53. The summed E-state index contributed by atoms with van der Waals surface area (Å²) in [7, 11) is 3.37. The van der Waals surface area contributed by atoms with Gasteiger partial charge >= 0.3 is 0 Å². The van der Waals surface area contributed by atoms with Crippen molar-refractivity contribution in [2.24, 2.45) is 0 Å². The minimum atomic E-state index is -0.0365. The molecule has 25 heavy (non-hydrogen) atoms. The Hall–Kier alpha value is -2.74. The third-order valence-electron chi connectivity index (χ3n) is 3.44. The molecule has 3 rings (SSSR count). The number of amides is 1. The molecule has 0 aliphatic heterocycles. The number of furan rings is 1. The number of carbonyl (C=O) groups excluding carboxylic acids is 1. The van der Waals surface area contributed by atoms with Crippen molar-refractivity contribution < 1.29 is 18.4 Å². The molecule has 7 nitrogen and oxygen atoms in total. The summed E-state index contributed by atoms with van der Waals surface area (Å²) >= 11 is 1.20. The van der Waals surface area contributed by atoms with E-state index in [4.69, 9.17) is 13.6 Å². The molecule has 3 aromatic rings. The fourth-order valence-corrected chi connectivity index (χ4v) is 2.84. The molecule has 2 aromatic heterocycles. The van der Waals surface area contributed by atoms with Gasteiger partial charge in [0.15, 0.2) is 5.76 Å². The Kier molecular flexibility index (Phi) is 5.39. The second-order valence-corrected chi connectivity index (χ2v) is 6.17. The molecule has 0 saturated heterocycles. The summed E-state index contributed by atoms with van der Waals surface area (Å²) < 4.78 is 15.8. The molecule has 0 aliphatic rings. The standard InChI is InChI=1S/C17H17N3O4S/c1-20(10-12-5-3-6-13(9-12)22-2)15(21)11-25-17-19-18-16(24-17)14-7-4-8-23-14/h3-9H,10-11H2,1-2H3. The predicted octanol–water partition coefficient (Wildman–Crippen LogP) is 3.09. The third kappa shape index (κ3) is 4.42. The number of thioether (sulfide) groups is 1. The van der Waals surface area contributed by atoms with Gasteiger partial charge in [0, 0.05) is 13.6 Å². The van der Waals surface area contributed by atoms with Gasteiger partial charge in [-0.05, 0) is 29.8 Å². The molecule has 0 spiro atoms. The van der Waals surface area contributed by atoms with Crippen LogP contribution >= 0.6 is 11.8 Å². The molecule has 130 valence electrons. The van der Waals surface area contributed by atoms with E-state index < -0.39 is 0 Å². The molecule has 8 heteroatoms. The Morgan fingerprint density at radius 2 is 2.16 bits per heavy atom. The highest BCUT2D eigenvalue weighted by molar-refractivity contribution is 7.99. The molecule has 2 heterocycles. The normalized spacial score (nSPS) is 10.6. The molecule has 1 amide bonds. The van der Waals surface area contributed by atoms with Crippen LogP contribution in [0.25, 0.3) is 11.7 Å². The number of rotatable bonds is 7. The van der Waals surface area contributed by atoms with Crippen molar-refractivity contribution in [2.45, 2.75) is 11.8 Å². The van der Waals surface area contributed by atoms with Gasteiger partial charge in [0.05, 0.1) is 19.1 Å². The van der Waals surface area contributed by atoms with E-state index in [9.17, 15) is 4.79 Å². The van der Waals surface area contributed by atoms with Gasteiger partial charge in [-0.2, -0.15) is 0 Å². The topological polar surface area (TPSA) is 81.6 Å². The van der Waals surface area contributed by atoms with Crippen molar-refractivity contribution in [3.8, 4) is 17.4 Å². The quantitative estimate of drug-likeness (QED) is 0.600. The van der Waals surface area contributed by atoms with E-state index >= 15 is 0 Å². The first kappa shape index (κ1) is 17.1. The third-order valence-corrected chi connectivity index (χ3v) is 4.24. The summed E-state index contributed by atoms with van der Waals surface area (Å²) in [5, 5.41) is 8.14. The maximum atomic E-state index is 12.3. The van der Waals surface area contributed by atoms with Gasteiger partial charge in [-0.3, -0.25) is 4.79 Å². The van der Waals surface area contributed by atoms with Crippen molar-refractivity contribution in [1.29, 1.82) is 0 Å². The average Bonchev–Trinajstić information content (AvgIpc) is 3.31. The van der Waals surface area contributed by atoms with Gasteiger partial charge in [-0.25, -0.2) is 0 Å². The van der Waals surface area contributed by atoms with Gasteiger partial charge in [-0.1, -0.05) is 23.9 Å². The van der Waals surface area contributed by atoms with E-state index in [0.717, 1.165) is 11.3 Å². The molecule has 0 atom stereocenters. The summed E-state index contributed by atoms with van der Waals surface area (Å²) in [6, 6.07) is 11.1. The largest absolute Gasteiger partial charge is 0.497 e. The molecule has 0 aliphatic carbocycles. The molecule has 0 N–H and O–H groups in total. The van der Waals surface area contributed by atoms with Crippen LogP contribution in [0, 0.1) is 0 Å². The Morgan fingerprint density at radius 3 is 2.92 bits per heavy atom. The Bertz CT molecular complexity index is 832. The van der Waals surface area contributed by atoms with E-state index in [0.29, 0.717) is 23.4 Å². The van der Waals surface area contributed by atoms with Gasteiger partial charge in [0.1, 0.15) is 5.75 Å². The number of aromatic nitrogens is 2. The second-order valence-electron chi connectivity index (χ2n) is 5.24. The highest BCUT2D eigenvalue weighted by Gasteiger charge is 2.15. The molecule has 0 radical (unpaired) electrons. The van der Waals surface area contributed by atoms with E-state index in [-0.39, 0.29) is 11.7 Å². The molecule has 0 unspecified atom stereocenters. The van der Waals surface area contributed by atoms with Crippen molar-refractivity contribution >= 4 is 17.7 Å². The molecule has 1 aromatic carbocycles. The molecule has 0 saturated carbocycles. The minimum Gasteiger partial charge on any atom is -0.497 e. The van der Waals surface area contributed by atoms with Crippen LogP contribution in [0.2, 0.25) is 0 Å². The molecule has 0 fully saturated rings. The molecular weight excluding hydrogens is 342 g/mol. The van der Waals surface area contributed by atoms with Crippen LogP contribution < -0.4 is 4.74 Å². The van der Waals surface area contributed by atoms with Crippen molar-refractivity contribution in [1.82, 2.24) is 15.1 Å². The first-order chi connectivity index (χ1) is 12.2. The Labute approximate surface area is 149 Å². The highest BCUT2D eigenvalue weighted by atomic mass is 32.2. The summed E-state index contributed by atoms with van der Waals surface area (Å²) in [6.07, 6.45) is 1.53. The number of carbonyl (C=O) groups is 1. The fourth-order valence-electron chi connectivity index (χ4n) is 2.13.